The quantitative estimate of drug-likeness (QED) is 0.563. The number of alkyl carbamates (subject to hydrolysis) is 1. The number of likely N-dealkylation sites (tertiary alicyclic amines) is 1. The molecule has 1 aromatic heterocycles. The number of carbonyl (C=O) groups is 1. The first-order chi connectivity index (χ1) is 14.7. The zero-order valence-corrected chi connectivity index (χ0v) is 18.6. The Balaban J connectivity index is 1.45. The summed E-state index contributed by atoms with van der Waals surface area (Å²) in [6.07, 6.45) is 3.03. The van der Waals surface area contributed by atoms with Crippen LogP contribution in [0.5, 0.6) is 0 Å². The van der Waals surface area contributed by atoms with E-state index in [1.54, 1.807) is 23.9 Å². The number of aromatic nitrogens is 2. The number of hydrogen-bond donors (Lipinski definition) is 2. The van der Waals surface area contributed by atoms with Crippen molar-refractivity contribution in [2.75, 3.05) is 26.7 Å². The number of benzene rings is 1. The summed E-state index contributed by atoms with van der Waals surface area (Å²) in [5, 5.41) is 10.8. The number of hydrogen-bond acceptors (Lipinski definition) is 4. The lowest BCUT2D eigenvalue weighted by atomic mass is 10.2. The maximum Gasteiger partial charge on any atom is 0.407 e. The van der Waals surface area contributed by atoms with Crippen LogP contribution in [0.3, 0.4) is 0 Å². The van der Waals surface area contributed by atoms with Gasteiger partial charge in [0.15, 0.2) is 5.96 Å². The maximum absolute atomic E-state index is 13.1. The van der Waals surface area contributed by atoms with E-state index in [9.17, 15) is 9.18 Å². The van der Waals surface area contributed by atoms with E-state index < -0.39 is 5.60 Å². The second-order valence-electron chi connectivity index (χ2n) is 8.53. The lowest BCUT2D eigenvalue weighted by Crippen LogP contribution is -2.44. The zero-order valence-electron chi connectivity index (χ0n) is 18.6. The largest absolute Gasteiger partial charge is 0.444 e. The molecule has 2 N–H and O–H groups in total. The molecule has 1 aliphatic heterocycles. The molecule has 31 heavy (non-hydrogen) atoms. The monoisotopic (exact) mass is 430 g/mol. The molecule has 0 spiro atoms. The van der Waals surface area contributed by atoms with Crippen LogP contribution in [-0.2, 0) is 11.2 Å². The normalized spacial score (nSPS) is 17.0. The predicted molar refractivity (Wildman–Crippen MR) is 118 cm³/mol. The predicted octanol–water partition coefficient (Wildman–Crippen LogP) is 2.73. The molecular formula is C22H31FN6O2. The van der Waals surface area contributed by atoms with Gasteiger partial charge in [0.1, 0.15) is 11.4 Å². The highest BCUT2D eigenvalue weighted by molar-refractivity contribution is 5.80. The highest BCUT2D eigenvalue weighted by Gasteiger charge is 2.27. The summed E-state index contributed by atoms with van der Waals surface area (Å²) < 4.78 is 20.1. The van der Waals surface area contributed by atoms with Gasteiger partial charge in [-0.1, -0.05) is 0 Å². The van der Waals surface area contributed by atoms with Crippen LogP contribution in [0, 0.1) is 5.82 Å². The fourth-order valence-electron chi connectivity index (χ4n) is 3.41. The summed E-state index contributed by atoms with van der Waals surface area (Å²) in [5.41, 5.74) is 1.24. The van der Waals surface area contributed by atoms with Crippen molar-refractivity contribution in [3.63, 3.8) is 0 Å². The molecule has 168 valence electrons. The molecule has 1 fully saturated rings. The number of amides is 1. The first-order valence-corrected chi connectivity index (χ1v) is 10.5. The second-order valence-corrected chi connectivity index (χ2v) is 8.53. The lowest BCUT2D eigenvalue weighted by Gasteiger charge is -2.23. The summed E-state index contributed by atoms with van der Waals surface area (Å²) >= 11 is 0. The van der Waals surface area contributed by atoms with E-state index in [0.29, 0.717) is 13.1 Å². The minimum absolute atomic E-state index is 0.0276. The van der Waals surface area contributed by atoms with Crippen LogP contribution in [0.15, 0.2) is 41.5 Å². The molecule has 0 saturated carbocycles. The van der Waals surface area contributed by atoms with Gasteiger partial charge in [0, 0.05) is 39.3 Å². The van der Waals surface area contributed by atoms with Gasteiger partial charge in [-0.3, -0.25) is 4.99 Å². The SMILES string of the molecule is CN=C(NCCc1ccn(-c2ccc(F)cc2)n1)N1CCC(NC(=O)OC(C)(C)C)C1. The number of ether oxygens (including phenoxy) is 1. The van der Waals surface area contributed by atoms with Crippen LogP contribution in [0.25, 0.3) is 5.69 Å². The number of halogens is 1. The lowest BCUT2D eigenvalue weighted by molar-refractivity contribution is 0.0507. The van der Waals surface area contributed by atoms with Crippen molar-refractivity contribution >= 4 is 12.1 Å². The molecule has 1 aromatic carbocycles. The van der Waals surface area contributed by atoms with Gasteiger partial charge < -0.3 is 20.3 Å². The number of guanidine groups is 1. The average Bonchev–Trinajstić information content (AvgIpc) is 3.34. The van der Waals surface area contributed by atoms with E-state index in [1.165, 1.54) is 12.1 Å². The van der Waals surface area contributed by atoms with Gasteiger partial charge in [-0.2, -0.15) is 5.10 Å². The van der Waals surface area contributed by atoms with Gasteiger partial charge in [0.25, 0.3) is 0 Å². The number of rotatable bonds is 5. The minimum atomic E-state index is -0.510. The van der Waals surface area contributed by atoms with Crippen LogP contribution in [0.4, 0.5) is 9.18 Å². The van der Waals surface area contributed by atoms with Crippen molar-refractivity contribution in [1.82, 2.24) is 25.3 Å². The number of nitrogens with one attached hydrogen (secondary N) is 2. The topological polar surface area (TPSA) is 83.8 Å². The highest BCUT2D eigenvalue weighted by Crippen LogP contribution is 2.12. The van der Waals surface area contributed by atoms with Gasteiger partial charge >= 0.3 is 6.09 Å². The van der Waals surface area contributed by atoms with E-state index in [0.717, 1.165) is 36.7 Å². The molecule has 9 heteroatoms. The Morgan fingerprint density at radius 3 is 2.71 bits per heavy atom. The molecule has 0 aliphatic carbocycles. The number of aliphatic imine (C=N–C) groups is 1. The summed E-state index contributed by atoms with van der Waals surface area (Å²) in [5.74, 6) is 0.531. The third kappa shape index (κ3) is 6.70. The van der Waals surface area contributed by atoms with Crippen LogP contribution < -0.4 is 10.6 Å². The van der Waals surface area contributed by atoms with Crippen LogP contribution >= 0.6 is 0 Å². The maximum atomic E-state index is 13.1. The molecule has 0 radical (unpaired) electrons. The fraction of sp³-hybridized carbons (Fsp3) is 0.500. The number of nitrogens with zero attached hydrogens (tertiary/aromatic N) is 4. The molecule has 0 bridgehead atoms. The molecule has 3 rings (SSSR count). The Labute approximate surface area is 182 Å². The highest BCUT2D eigenvalue weighted by atomic mass is 19.1. The van der Waals surface area contributed by atoms with Crippen LogP contribution in [-0.4, -0.2) is 65.1 Å². The van der Waals surface area contributed by atoms with Crippen molar-refractivity contribution in [2.24, 2.45) is 4.99 Å². The van der Waals surface area contributed by atoms with Crippen molar-refractivity contribution in [1.29, 1.82) is 0 Å². The molecule has 1 saturated heterocycles. The first kappa shape index (κ1) is 22.6. The molecule has 1 unspecified atom stereocenters. The van der Waals surface area contributed by atoms with Gasteiger partial charge in [-0.15, -0.1) is 0 Å². The second kappa shape index (κ2) is 9.80. The molecular weight excluding hydrogens is 399 g/mol. The van der Waals surface area contributed by atoms with Gasteiger partial charge in [0.05, 0.1) is 17.4 Å². The van der Waals surface area contributed by atoms with E-state index in [2.05, 4.69) is 25.6 Å². The molecule has 1 amide bonds. The fourth-order valence-corrected chi connectivity index (χ4v) is 3.41. The average molecular weight is 431 g/mol. The van der Waals surface area contributed by atoms with Crippen molar-refractivity contribution in [3.8, 4) is 5.69 Å². The molecule has 8 nitrogen and oxygen atoms in total. The Morgan fingerprint density at radius 2 is 2.03 bits per heavy atom. The first-order valence-electron chi connectivity index (χ1n) is 10.5. The van der Waals surface area contributed by atoms with E-state index >= 15 is 0 Å². The third-order valence-corrected chi connectivity index (χ3v) is 4.82. The van der Waals surface area contributed by atoms with Gasteiger partial charge in [-0.05, 0) is 57.5 Å². The summed E-state index contributed by atoms with van der Waals surface area (Å²) in [4.78, 5) is 18.5. The zero-order chi connectivity index (χ0) is 22.4. The van der Waals surface area contributed by atoms with E-state index in [-0.39, 0.29) is 18.0 Å². The van der Waals surface area contributed by atoms with Crippen molar-refractivity contribution in [3.05, 3.63) is 48.0 Å². The smallest absolute Gasteiger partial charge is 0.407 e. The third-order valence-electron chi connectivity index (χ3n) is 4.82. The molecule has 2 heterocycles. The van der Waals surface area contributed by atoms with E-state index in [1.807, 2.05) is 33.0 Å². The van der Waals surface area contributed by atoms with Crippen molar-refractivity contribution in [2.45, 2.75) is 45.3 Å². The molecule has 2 aromatic rings. The Kier molecular flexibility index (Phi) is 7.14. The van der Waals surface area contributed by atoms with Crippen LogP contribution in [0.1, 0.15) is 32.9 Å². The van der Waals surface area contributed by atoms with Gasteiger partial charge in [-0.25, -0.2) is 13.9 Å². The standard InChI is InChI=1S/C22H31FN6O2/c1-22(2,3)31-21(30)26-18-10-13-28(15-18)20(24-4)25-12-9-17-11-14-29(27-17)19-7-5-16(23)6-8-19/h5-8,11,14,18H,9-10,12-13,15H2,1-4H3,(H,24,25)(H,26,30). The van der Waals surface area contributed by atoms with Crippen LogP contribution in [0.2, 0.25) is 0 Å². The van der Waals surface area contributed by atoms with Gasteiger partial charge in [0.2, 0.25) is 0 Å². The Bertz CT molecular complexity index is 903. The summed E-state index contributed by atoms with van der Waals surface area (Å²) in [6, 6.07) is 8.21. The minimum Gasteiger partial charge on any atom is -0.444 e. The molecule has 1 atom stereocenters. The summed E-state index contributed by atoms with van der Waals surface area (Å²) in [7, 11) is 1.75. The summed E-state index contributed by atoms with van der Waals surface area (Å²) in [6.45, 7) is 7.71. The van der Waals surface area contributed by atoms with E-state index in [4.69, 9.17) is 4.74 Å². The Hall–Kier alpha value is -3.10. The Morgan fingerprint density at radius 1 is 1.29 bits per heavy atom. The van der Waals surface area contributed by atoms with Crippen molar-refractivity contribution < 1.29 is 13.9 Å². The number of carbonyl (C=O) groups excluding carboxylic acids is 1. The molecule has 1 aliphatic rings.